The van der Waals surface area contributed by atoms with Gasteiger partial charge in [0.05, 0.1) is 11.3 Å². The Labute approximate surface area is 111 Å². The molecule has 6 heteroatoms. The number of carbonyl (C=O) groups is 2. The first-order valence-electron chi connectivity index (χ1n) is 5.26. The van der Waals surface area contributed by atoms with E-state index in [1.54, 1.807) is 24.3 Å². The molecule has 0 spiro atoms. The van der Waals surface area contributed by atoms with Crippen molar-refractivity contribution in [3.8, 4) is 6.07 Å². The van der Waals surface area contributed by atoms with Gasteiger partial charge >= 0.3 is 0 Å². The van der Waals surface area contributed by atoms with E-state index in [9.17, 15) is 9.59 Å². The van der Waals surface area contributed by atoms with E-state index in [0.717, 1.165) is 0 Å². The molecule has 5 nitrogen and oxygen atoms in total. The molecule has 2 amide bonds. The molecule has 0 aliphatic heterocycles. The van der Waals surface area contributed by atoms with Crippen molar-refractivity contribution in [3.63, 3.8) is 0 Å². The molecule has 2 N–H and O–H groups in total. The van der Waals surface area contributed by atoms with Crippen molar-refractivity contribution in [2.24, 2.45) is 0 Å². The molecule has 0 aromatic heterocycles. The first kappa shape index (κ1) is 14.1. The van der Waals surface area contributed by atoms with Crippen LogP contribution in [0.3, 0.4) is 0 Å². The maximum atomic E-state index is 11.9. The third-order valence-corrected chi connectivity index (χ3v) is 2.55. The Bertz CT molecular complexity index is 496. The second-order valence-electron chi connectivity index (χ2n) is 3.58. The third-order valence-electron chi connectivity index (χ3n) is 2.18. The van der Waals surface area contributed by atoms with Crippen LogP contribution in [-0.2, 0) is 9.59 Å². The van der Waals surface area contributed by atoms with Crippen LogP contribution in [0.15, 0.2) is 24.3 Å². The van der Waals surface area contributed by atoms with Crippen LogP contribution in [0.5, 0.6) is 0 Å². The van der Waals surface area contributed by atoms with Gasteiger partial charge in [-0.25, -0.2) is 0 Å². The maximum absolute atomic E-state index is 11.9. The predicted octanol–water partition coefficient (Wildman–Crippen LogP) is 0.931. The zero-order valence-corrected chi connectivity index (χ0v) is 10.7. The Morgan fingerprint density at radius 2 is 2.11 bits per heavy atom. The van der Waals surface area contributed by atoms with Crippen LogP contribution in [0.2, 0.25) is 0 Å². The average molecular weight is 263 g/mol. The lowest BCUT2D eigenvalue weighted by molar-refractivity contribution is -0.124. The van der Waals surface area contributed by atoms with Gasteiger partial charge in [0.2, 0.25) is 11.8 Å². The van der Waals surface area contributed by atoms with Crippen LogP contribution in [-0.4, -0.2) is 23.6 Å². The van der Waals surface area contributed by atoms with Gasteiger partial charge in [0, 0.05) is 12.7 Å². The summed E-state index contributed by atoms with van der Waals surface area (Å²) in [4.78, 5) is 22.8. The Morgan fingerprint density at radius 3 is 2.67 bits per heavy atom. The highest BCUT2D eigenvalue weighted by Crippen LogP contribution is 2.13. The SMILES string of the molecule is CC(=O)NC(CS)C(=O)Nc1ccccc1C#N. The lowest BCUT2D eigenvalue weighted by Gasteiger charge is -2.15. The van der Waals surface area contributed by atoms with Crippen molar-refractivity contribution in [2.75, 3.05) is 11.1 Å². The van der Waals surface area contributed by atoms with Gasteiger partial charge in [0.25, 0.3) is 0 Å². The van der Waals surface area contributed by atoms with E-state index < -0.39 is 11.9 Å². The molecule has 1 aromatic carbocycles. The summed E-state index contributed by atoms with van der Waals surface area (Å²) in [6, 6.07) is 7.90. The smallest absolute Gasteiger partial charge is 0.247 e. The summed E-state index contributed by atoms with van der Waals surface area (Å²) in [5, 5.41) is 14.0. The van der Waals surface area contributed by atoms with Gasteiger partial charge in [0.15, 0.2) is 0 Å². The second-order valence-corrected chi connectivity index (χ2v) is 3.95. The molecule has 0 fully saturated rings. The average Bonchev–Trinajstić information content (AvgIpc) is 2.36. The Kier molecular flexibility index (Phi) is 5.21. The number of hydrogen-bond acceptors (Lipinski definition) is 4. The highest BCUT2D eigenvalue weighted by Gasteiger charge is 2.18. The van der Waals surface area contributed by atoms with Crippen LogP contribution in [0.25, 0.3) is 0 Å². The van der Waals surface area contributed by atoms with E-state index in [4.69, 9.17) is 5.26 Å². The van der Waals surface area contributed by atoms with E-state index in [1.165, 1.54) is 6.92 Å². The number of nitriles is 1. The van der Waals surface area contributed by atoms with E-state index >= 15 is 0 Å². The predicted molar refractivity (Wildman–Crippen MR) is 71.2 cm³/mol. The number of rotatable bonds is 4. The summed E-state index contributed by atoms with van der Waals surface area (Å²) < 4.78 is 0. The molecule has 18 heavy (non-hydrogen) atoms. The number of anilines is 1. The molecule has 0 aliphatic carbocycles. The molecule has 0 bridgehead atoms. The number of thiol groups is 1. The number of benzene rings is 1. The van der Waals surface area contributed by atoms with E-state index in [-0.39, 0.29) is 11.7 Å². The summed E-state index contributed by atoms with van der Waals surface area (Å²) in [5.74, 6) is -0.527. The van der Waals surface area contributed by atoms with E-state index in [2.05, 4.69) is 23.3 Å². The number of nitrogens with zero attached hydrogens (tertiary/aromatic N) is 1. The molecule has 1 unspecified atom stereocenters. The molecular weight excluding hydrogens is 250 g/mol. The molecule has 0 radical (unpaired) electrons. The normalized spacial score (nSPS) is 11.2. The van der Waals surface area contributed by atoms with Crippen LogP contribution < -0.4 is 10.6 Å². The zero-order valence-electron chi connectivity index (χ0n) is 9.80. The zero-order chi connectivity index (χ0) is 13.5. The second kappa shape index (κ2) is 6.67. The van der Waals surface area contributed by atoms with Gasteiger partial charge in [0.1, 0.15) is 12.1 Å². The Hall–Kier alpha value is -2.00. The molecule has 0 saturated carbocycles. The molecule has 0 heterocycles. The van der Waals surface area contributed by atoms with Crippen molar-refractivity contribution in [2.45, 2.75) is 13.0 Å². The molecule has 0 saturated heterocycles. The van der Waals surface area contributed by atoms with Crippen LogP contribution >= 0.6 is 12.6 Å². The topological polar surface area (TPSA) is 82.0 Å². The summed E-state index contributed by atoms with van der Waals surface area (Å²) in [7, 11) is 0. The number of carbonyl (C=O) groups excluding carboxylic acids is 2. The fraction of sp³-hybridized carbons (Fsp3) is 0.250. The molecule has 94 valence electrons. The van der Waals surface area contributed by atoms with Gasteiger partial charge in [-0.05, 0) is 12.1 Å². The van der Waals surface area contributed by atoms with Crippen LogP contribution in [0.4, 0.5) is 5.69 Å². The number of hydrogen-bond donors (Lipinski definition) is 3. The molecule has 1 atom stereocenters. The van der Waals surface area contributed by atoms with Crippen molar-refractivity contribution < 1.29 is 9.59 Å². The lowest BCUT2D eigenvalue weighted by atomic mass is 10.2. The summed E-state index contributed by atoms with van der Waals surface area (Å²) in [6.45, 7) is 1.33. The van der Waals surface area contributed by atoms with E-state index in [0.29, 0.717) is 11.3 Å². The summed E-state index contributed by atoms with van der Waals surface area (Å²) in [5.41, 5.74) is 0.786. The molecule has 1 rings (SSSR count). The Morgan fingerprint density at radius 1 is 1.44 bits per heavy atom. The van der Waals surface area contributed by atoms with Crippen molar-refractivity contribution >= 4 is 30.1 Å². The third kappa shape index (κ3) is 3.79. The van der Waals surface area contributed by atoms with Crippen LogP contribution in [0, 0.1) is 11.3 Å². The summed E-state index contributed by atoms with van der Waals surface area (Å²) in [6.07, 6.45) is 0. The fourth-order valence-corrected chi connectivity index (χ4v) is 1.61. The van der Waals surface area contributed by atoms with E-state index in [1.807, 2.05) is 6.07 Å². The quantitative estimate of drug-likeness (QED) is 0.707. The molecule has 1 aromatic rings. The number of nitrogens with one attached hydrogen (secondary N) is 2. The largest absolute Gasteiger partial charge is 0.344 e. The monoisotopic (exact) mass is 263 g/mol. The van der Waals surface area contributed by atoms with Crippen molar-refractivity contribution in [1.29, 1.82) is 5.26 Å². The molecule has 0 aliphatic rings. The van der Waals surface area contributed by atoms with Gasteiger partial charge in [-0.15, -0.1) is 0 Å². The Balaban J connectivity index is 2.80. The van der Waals surface area contributed by atoms with Crippen molar-refractivity contribution in [3.05, 3.63) is 29.8 Å². The highest BCUT2D eigenvalue weighted by molar-refractivity contribution is 7.80. The van der Waals surface area contributed by atoms with Gasteiger partial charge in [-0.3, -0.25) is 9.59 Å². The first-order valence-corrected chi connectivity index (χ1v) is 5.89. The van der Waals surface area contributed by atoms with Crippen molar-refractivity contribution in [1.82, 2.24) is 5.32 Å². The molecular formula is C12H13N3O2S. The highest BCUT2D eigenvalue weighted by atomic mass is 32.1. The minimum Gasteiger partial charge on any atom is -0.344 e. The summed E-state index contributed by atoms with van der Waals surface area (Å²) >= 11 is 4.00. The van der Waals surface area contributed by atoms with Gasteiger partial charge < -0.3 is 10.6 Å². The number of amides is 2. The van der Waals surface area contributed by atoms with Crippen LogP contribution in [0.1, 0.15) is 12.5 Å². The minimum atomic E-state index is -0.724. The van der Waals surface area contributed by atoms with Gasteiger partial charge in [-0.2, -0.15) is 17.9 Å². The first-order chi connectivity index (χ1) is 8.58. The maximum Gasteiger partial charge on any atom is 0.247 e. The van der Waals surface area contributed by atoms with Gasteiger partial charge in [-0.1, -0.05) is 12.1 Å². The standard InChI is InChI=1S/C12H13N3O2S/c1-8(16)14-11(7-18)12(17)15-10-5-3-2-4-9(10)6-13/h2-5,11,18H,7H2,1H3,(H,14,16)(H,15,17). The lowest BCUT2D eigenvalue weighted by Crippen LogP contribution is -2.44. The number of para-hydroxylation sites is 1. The minimum absolute atomic E-state index is 0.181. The fourth-order valence-electron chi connectivity index (χ4n) is 1.35.